The number of pyridine rings is 1. The first-order valence-electron chi connectivity index (χ1n) is 8.77. The predicted molar refractivity (Wildman–Crippen MR) is 107 cm³/mol. The van der Waals surface area contributed by atoms with E-state index in [2.05, 4.69) is 5.10 Å². The topological polar surface area (TPSA) is 87.8 Å². The highest BCUT2D eigenvalue weighted by Gasteiger charge is 2.18. The standard InChI is InChI=1S/C22H18N4O2/c1-15-5-2-9-19(11-15)26-22(23)20(13-24-26)21(27)17-7-3-6-16(12-17)18-8-4-10-25(28)14-18/h2-14H,23H2,1H3. The number of nitrogens with zero attached hydrogens (tertiary/aromatic N) is 3. The van der Waals surface area contributed by atoms with Crippen molar-refractivity contribution in [3.63, 3.8) is 0 Å². The van der Waals surface area contributed by atoms with Crippen LogP contribution in [0.2, 0.25) is 0 Å². The molecule has 2 heterocycles. The molecule has 138 valence electrons. The van der Waals surface area contributed by atoms with Crippen molar-refractivity contribution in [2.24, 2.45) is 0 Å². The third kappa shape index (κ3) is 3.23. The van der Waals surface area contributed by atoms with E-state index in [9.17, 15) is 10.0 Å². The summed E-state index contributed by atoms with van der Waals surface area (Å²) < 4.78 is 2.29. The third-order valence-electron chi connectivity index (χ3n) is 4.53. The molecule has 0 aliphatic carbocycles. The van der Waals surface area contributed by atoms with Crippen LogP contribution in [-0.4, -0.2) is 15.6 Å². The zero-order chi connectivity index (χ0) is 19.7. The zero-order valence-electron chi connectivity index (χ0n) is 15.2. The van der Waals surface area contributed by atoms with Gasteiger partial charge in [-0.3, -0.25) is 4.79 Å². The molecule has 0 unspecified atom stereocenters. The lowest BCUT2D eigenvalue weighted by Crippen LogP contribution is -2.23. The molecule has 6 nitrogen and oxygen atoms in total. The van der Waals surface area contributed by atoms with E-state index >= 15 is 0 Å². The average molecular weight is 370 g/mol. The lowest BCUT2D eigenvalue weighted by molar-refractivity contribution is -0.604. The van der Waals surface area contributed by atoms with Crippen molar-refractivity contribution in [1.29, 1.82) is 0 Å². The second-order valence-corrected chi connectivity index (χ2v) is 6.56. The van der Waals surface area contributed by atoms with Crippen LogP contribution in [0.3, 0.4) is 0 Å². The van der Waals surface area contributed by atoms with Crippen LogP contribution in [0.4, 0.5) is 5.82 Å². The van der Waals surface area contributed by atoms with Crippen LogP contribution in [0.25, 0.3) is 16.8 Å². The first kappa shape index (κ1) is 17.5. The number of anilines is 1. The van der Waals surface area contributed by atoms with Gasteiger partial charge in [-0.05, 0) is 42.3 Å². The number of ketones is 1. The summed E-state index contributed by atoms with van der Waals surface area (Å²) in [5.41, 5.74) is 10.4. The molecule has 2 aromatic heterocycles. The Balaban J connectivity index is 1.70. The number of rotatable bonds is 4. The lowest BCUT2D eigenvalue weighted by Gasteiger charge is -2.07. The summed E-state index contributed by atoms with van der Waals surface area (Å²) in [7, 11) is 0. The molecule has 0 spiro atoms. The van der Waals surface area contributed by atoms with Crippen LogP contribution in [0.5, 0.6) is 0 Å². The Hall–Kier alpha value is -3.93. The van der Waals surface area contributed by atoms with Crippen LogP contribution in [-0.2, 0) is 0 Å². The highest BCUT2D eigenvalue weighted by molar-refractivity contribution is 6.12. The molecule has 0 aliphatic heterocycles. The number of benzene rings is 2. The maximum atomic E-state index is 13.0. The fraction of sp³-hybridized carbons (Fsp3) is 0.0455. The van der Waals surface area contributed by atoms with Crippen molar-refractivity contribution in [3.05, 3.63) is 101 Å². The number of carbonyl (C=O) groups is 1. The normalized spacial score (nSPS) is 10.8. The second kappa shape index (κ2) is 7.00. The van der Waals surface area contributed by atoms with Crippen LogP contribution in [0.1, 0.15) is 21.5 Å². The van der Waals surface area contributed by atoms with Crippen LogP contribution < -0.4 is 10.5 Å². The summed E-state index contributed by atoms with van der Waals surface area (Å²) in [6.07, 6.45) is 4.37. The first-order valence-corrected chi connectivity index (χ1v) is 8.77. The van der Waals surface area contributed by atoms with Gasteiger partial charge in [0.15, 0.2) is 18.2 Å². The monoisotopic (exact) mass is 370 g/mol. The van der Waals surface area contributed by atoms with Gasteiger partial charge in [0.25, 0.3) is 0 Å². The van der Waals surface area contributed by atoms with E-state index in [1.54, 1.807) is 28.9 Å². The number of hydrogen-bond acceptors (Lipinski definition) is 4. The Kier molecular flexibility index (Phi) is 4.37. The molecule has 2 N–H and O–H groups in total. The Morgan fingerprint density at radius 2 is 1.86 bits per heavy atom. The summed E-state index contributed by atoms with van der Waals surface area (Å²) >= 11 is 0. The summed E-state index contributed by atoms with van der Waals surface area (Å²) in [5, 5.41) is 15.8. The van der Waals surface area contributed by atoms with Gasteiger partial charge in [0.05, 0.1) is 17.4 Å². The molecule has 28 heavy (non-hydrogen) atoms. The highest BCUT2D eigenvalue weighted by atomic mass is 16.5. The molecule has 0 radical (unpaired) electrons. The van der Waals surface area contributed by atoms with E-state index in [1.165, 1.54) is 18.6 Å². The minimum atomic E-state index is -0.218. The molecule has 0 atom stereocenters. The number of nitrogens with two attached hydrogens (primary N) is 1. The van der Waals surface area contributed by atoms with E-state index in [1.807, 2.05) is 43.3 Å². The van der Waals surface area contributed by atoms with E-state index in [4.69, 9.17) is 5.73 Å². The molecular weight excluding hydrogens is 352 g/mol. The molecular formula is C22H18N4O2. The molecule has 0 amide bonds. The van der Waals surface area contributed by atoms with Crippen molar-refractivity contribution in [1.82, 2.24) is 9.78 Å². The van der Waals surface area contributed by atoms with Crippen molar-refractivity contribution >= 4 is 11.6 Å². The second-order valence-electron chi connectivity index (χ2n) is 6.56. The van der Waals surface area contributed by atoms with Gasteiger partial charge in [0, 0.05) is 17.2 Å². The summed E-state index contributed by atoms with van der Waals surface area (Å²) in [4.78, 5) is 13.0. The Bertz CT molecular complexity index is 1180. The van der Waals surface area contributed by atoms with Gasteiger partial charge in [-0.1, -0.05) is 30.3 Å². The SMILES string of the molecule is Cc1cccc(-n2ncc(C(=O)c3cccc(-c4ccc[n+]([O-])c4)c3)c2N)c1. The quantitative estimate of drug-likeness (QED) is 0.339. The molecule has 4 aromatic rings. The number of aryl methyl sites for hydroxylation is 1. The Morgan fingerprint density at radius 1 is 1.07 bits per heavy atom. The minimum Gasteiger partial charge on any atom is -0.619 e. The predicted octanol–water partition coefficient (Wildman–Crippen LogP) is 3.29. The largest absolute Gasteiger partial charge is 0.619 e. The molecule has 0 aliphatic rings. The van der Waals surface area contributed by atoms with Gasteiger partial charge in [-0.25, -0.2) is 4.68 Å². The molecule has 0 fully saturated rings. The van der Waals surface area contributed by atoms with Gasteiger partial charge in [-0.2, -0.15) is 9.83 Å². The fourth-order valence-electron chi connectivity index (χ4n) is 3.12. The van der Waals surface area contributed by atoms with Gasteiger partial charge in [0.1, 0.15) is 5.82 Å². The summed E-state index contributed by atoms with van der Waals surface area (Å²) in [5.74, 6) is 0.0716. The van der Waals surface area contributed by atoms with Gasteiger partial charge in [0.2, 0.25) is 0 Å². The summed E-state index contributed by atoms with van der Waals surface area (Å²) in [6.45, 7) is 1.98. The minimum absolute atomic E-state index is 0.218. The maximum absolute atomic E-state index is 13.0. The third-order valence-corrected chi connectivity index (χ3v) is 4.53. The van der Waals surface area contributed by atoms with Crippen molar-refractivity contribution < 1.29 is 9.52 Å². The first-order chi connectivity index (χ1) is 13.5. The zero-order valence-corrected chi connectivity index (χ0v) is 15.2. The van der Waals surface area contributed by atoms with E-state index in [0.29, 0.717) is 11.1 Å². The van der Waals surface area contributed by atoms with Crippen LogP contribution in [0.15, 0.2) is 79.3 Å². The van der Waals surface area contributed by atoms with Gasteiger partial charge < -0.3 is 10.9 Å². The van der Waals surface area contributed by atoms with Crippen molar-refractivity contribution in [2.75, 3.05) is 5.73 Å². The van der Waals surface area contributed by atoms with E-state index in [-0.39, 0.29) is 11.6 Å². The molecule has 0 bridgehead atoms. The lowest BCUT2D eigenvalue weighted by atomic mass is 10.00. The summed E-state index contributed by atoms with van der Waals surface area (Å²) in [6, 6.07) is 18.3. The number of nitrogen functional groups attached to an aromatic ring is 1. The van der Waals surface area contributed by atoms with E-state index < -0.39 is 0 Å². The number of aromatic nitrogens is 3. The van der Waals surface area contributed by atoms with Gasteiger partial charge >= 0.3 is 0 Å². The Labute approximate surface area is 162 Å². The maximum Gasteiger partial charge on any atom is 0.198 e. The highest BCUT2D eigenvalue weighted by Crippen LogP contribution is 2.24. The Morgan fingerprint density at radius 3 is 2.64 bits per heavy atom. The number of carbonyl (C=O) groups excluding carboxylic acids is 1. The van der Waals surface area contributed by atoms with Gasteiger partial charge in [-0.15, -0.1) is 0 Å². The molecule has 0 saturated carbocycles. The van der Waals surface area contributed by atoms with Crippen molar-refractivity contribution in [3.8, 4) is 16.8 Å². The van der Waals surface area contributed by atoms with Crippen LogP contribution >= 0.6 is 0 Å². The molecule has 0 saturated heterocycles. The van der Waals surface area contributed by atoms with Crippen LogP contribution in [0, 0.1) is 12.1 Å². The van der Waals surface area contributed by atoms with E-state index in [0.717, 1.165) is 27.1 Å². The molecule has 4 rings (SSSR count). The van der Waals surface area contributed by atoms with Crippen molar-refractivity contribution in [2.45, 2.75) is 6.92 Å². The fourth-order valence-corrected chi connectivity index (χ4v) is 3.12. The molecule has 6 heteroatoms. The average Bonchev–Trinajstić information content (AvgIpc) is 3.09. The number of hydrogen-bond donors (Lipinski definition) is 1. The molecule has 2 aromatic carbocycles. The smallest absolute Gasteiger partial charge is 0.198 e.